The van der Waals surface area contributed by atoms with Crippen LogP contribution in [0.15, 0.2) is 6.20 Å². The predicted octanol–water partition coefficient (Wildman–Crippen LogP) is 1.56. The van der Waals surface area contributed by atoms with E-state index < -0.39 is 0 Å². The number of aryl methyl sites for hydroxylation is 1. The largest absolute Gasteiger partial charge is 0.323 e. The average Bonchev–Trinajstić information content (AvgIpc) is 2.30. The highest BCUT2D eigenvalue weighted by Crippen LogP contribution is 2.22. The predicted molar refractivity (Wildman–Crippen MR) is 49.9 cm³/mol. The van der Waals surface area contributed by atoms with Crippen molar-refractivity contribution in [1.29, 1.82) is 0 Å². The molecule has 1 atom stereocenters. The lowest BCUT2D eigenvalue weighted by atomic mass is 10.0. The second-order valence-electron chi connectivity index (χ2n) is 3.55. The summed E-state index contributed by atoms with van der Waals surface area (Å²) >= 11 is 0. The SMILES string of the molecule is CC(C)c1cnn(C)c1C(C)N. The first-order valence-corrected chi connectivity index (χ1v) is 4.31. The molecule has 3 nitrogen and oxygen atoms in total. The lowest BCUT2D eigenvalue weighted by Gasteiger charge is -2.11. The standard InChI is InChI=1S/C9H17N3/c1-6(2)8-5-11-12(4)9(8)7(3)10/h5-7H,10H2,1-4H3. The summed E-state index contributed by atoms with van der Waals surface area (Å²) in [5, 5.41) is 4.20. The van der Waals surface area contributed by atoms with E-state index in [1.54, 1.807) is 0 Å². The van der Waals surface area contributed by atoms with Gasteiger partial charge in [-0.25, -0.2) is 0 Å². The van der Waals surface area contributed by atoms with Gasteiger partial charge in [-0.1, -0.05) is 13.8 Å². The summed E-state index contributed by atoms with van der Waals surface area (Å²) in [6.07, 6.45) is 1.91. The van der Waals surface area contributed by atoms with Gasteiger partial charge in [-0.2, -0.15) is 5.10 Å². The molecule has 1 unspecified atom stereocenters. The molecule has 1 heterocycles. The number of nitrogens with two attached hydrogens (primary N) is 1. The number of hydrogen-bond acceptors (Lipinski definition) is 2. The Morgan fingerprint density at radius 3 is 2.33 bits per heavy atom. The van der Waals surface area contributed by atoms with Crippen LogP contribution in [0.4, 0.5) is 0 Å². The molecule has 0 spiro atoms. The molecule has 12 heavy (non-hydrogen) atoms. The molecule has 0 saturated carbocycles. The molecule has 0 radical (unpaired) electrons. The Hall–Kier alpha value is -0.830. The maximum Gasteiger partial charge on any atom is 0.0579 e. The molecule has 2 N–H and O–H groups in total. The zero-order valence-electron chi connectivity index (χ0n) is 8.20. The minimum absolute atomic E-state index is 0.0647. The van der Waals surface area contributed by atoms with Crippen molar-refractivity contribution in [3.8, 4) is 0 Å². The number of aromatic nitrogens is 2. The van der Waals surface area contributed by atoms with Crippen LogP contribution in [0, 0.1) is 0 Å². The van der Waals surface area contributed by atoms with E-state index in [0.717, 1.165) is 5.69 Å². The summed E-state index contributed by atoms with van der Waals surface area (Å²) < 4.78 is 1.86. The summed E-state index contributed by atoms with van der Waals surface area (Å²) in [6, 6.07) is 0.0647. The van der Waals surface area contributed by atoms with Crippen LogP contribution in [0.3, 0.4) is 0 Å². The Morgan fingerprint density at radius 1 is 1.42 bits per heavy atom. The van der Waals surface area contributed by atoms with Crippen LogP contribution in [-0.4, -0.2) is 9.78 Å². The molecule has 0 saturated heterocycles. The molecule has 1 rings (SSSR count). The lowest BCUT2D eigenvalue weighted by Crippen LogP contribution is -2.13. The van der Waals surface area contributed by atoms with Gasteiger partial charge < -0.3 is 5.73 Å². The topological polar surface area (TPSA) is 43.8 Å². The molecule has 0 fully saturated rings. The van der Waals surface area contributed by atoms with Crippen molar-refractivity contribution in [2.75, 3.05) is 0 Å². The van der Waals surface area contributed by atoms with E-state index in [1.807, 2.05) is 24.9 Å². The van der Waals surface area contributed by atoms with Gasteiger partial charge in [0.15, 0.2) is 0 Å². The van der Waals surface area contributed by atoms with Gasteiger partial charge in [-0.05, 0) is 18.4 Å². The Kier molecular flexibility index (Phi) is 2.52. The van der Waals surface area contributed by atoms with E-state index in [1.165, 1.54) is 5.56 Å². The highest BCUT2D eigenvalue weighted by molar-refractivity contribution is 5.23. The van der Waals surface area contributed by atoms with Gasteiger partial charge in [-0.15, -0.1) is 0 Å². The van der Waals surface area contributed by atoms with Crippen molar-refractivity contribution >= 4 is 0 Å². The molecule has 0 aromatic carbocycles. The molecular formula is C9H17N3. The van der Waals surface area contributed by atoms with Crippen LogP contribution in [0.1, 0.15) is 44.0 Å². The first-order valence-electron chi connectivity index (χ1n) is 4.31. The van der Waals surface area contributed by atoms with Gasteiger partial charge >= 0.3 is 0 Å². The first kappa shape index (κ1) is 9.26. The molecule has 0 aliphatic rings. The maximum atomic E-state index is 5.84. The van der Waals surface area contributed by atoms with Crippen LogP contribution in [0.25, 0.3) is 0 Å². The summed E-state index contributed by atoms with van der Waals surface area (Å²) in [5.74, 6) is 0.500. The lowest BCUT2D eigenvalue weighted by molar-refractivity contribution is 0.643. The fourth-order valence-corrected chi connectivity index (χ4v) is 1.47. The summed E-state index contributed by atoms with van der Waals surface area (Å²) in [4.78, 5) is 0. The van der Waals surface area contributed by atoms with E-state index in [4.69, 9.17) is 5.73 Å². The van der Waals surface area contributed by atoms with Crippen molar-refractivity contribution in [3.63, 3.8) is 0 Å². The van der Waals surface area contributed by atoms with E-state index >= 15 is 0 Å². The highest BCUT2D eigenvalue weighted by Gasteiger charge is 2.14. The van der Waals surface area contributed by atoms with Gasteiger partial charge in [0.1, 0.15) is 0 Å². The average molecular weight is 167 g/mol. The summed E-state index contributed by atoms with van der Waals surface area (Å²) in [7, 11) is 1.94. The van der Waals surface area contributed by atoms with Crippen LogP contribution < -0.4 is 5.73 Å². The third kappa shape index (κ3) is 1.50. The van der Waals surface area contributed by atoms with Gasteiger partial charge in [0.25, 0.3) is 0 Å². The van der Waals surface area contributed by atoms with E-state index in [-0.39, 0.29) is 6.04 Å². The molecule has 1 aromatic heterocycles. The smallest absolute Gasteiger partial charge is 0.0579 e. The Labute approximate surface area is 73.6 Å². The van der Waals surface area contributed by atoms with Crippen LogP contribution in [0.2, 0.25) is 0 Å². The third-order valence-electron chi connectivity index (χ3n) is 2.07. The van der Waals surface area contributed by atoms with Crippen molar-refractivity contribution in [1.82, 2.24) is 9.78 Å². The fourth-order valence-electron chi connectivity index (χ4n) is 1.47. The first-order chi connectivity index (χ1) is 5.54. The van der Waals surface area contributed by atoms with E-state index in [2.05, 4.69) is 18.9 Å². The molecule has 3 heteroatoms. The Balaban J connectivity index is 3.12. The molecule has 68 valence electrons. The second kappa shape index (κ2) is 3.27. The number of rotatable bonds is 2. The number of nitrogens with zero attached hydrogens (tertiary/aromatic N) is 2. The second-order valence-corrected chi connectivity index (χ2v) is 3.55. The van der Waals surface area contributed by atoms with Gasteiger partial charge in [0.05, 0.1) is 11.9 Å². The normalized spacial score (nSPS) is 13.8. The van der Waals surface area contributed by atoms with Gasteiger partial charge in [0.2, 0.25) is 0 Å². The van der Waals surface area contributed by atoms with Crippen molar-refractivity contribution in [3.05, 3.63) is 17.5 Å². The Bertz CT molecular complexity index is 261. The molecule has 0 amide bonds. The van der Waals surface area contributed by atoms with Crippen molar-refractivity contribution < 1.29 is 0 Å². The Morgan fingerprint density at radius 2 is 2.00 bits per heavy atom. The third-order valence-corrected chi connectivity index (χ3v) is 2.07. The zero-order valence-corrected chi connectivity index (χ0v) is 8.20. The maximum absolute atomic E-state index is 5.84. The van der Waals surface area contributed by atoms with Crippen molar-refractivity contribution in [2.45, 2.75) is 32.7 Å². The minimum atomic E-state index is 0.0647. The molecular weight excluding hydrogens is 150 g/mol. The van der Waals surface area contributed by atoms with Crippen LogP contribution in [0.5, 0.6) is 0 Å². The van der Waals surface area contributed by atoms with Crippen molar-refractivity contribution in [2.24, 2.45) is 12.8 Å². The van der Waals surface area contributed by atoms with Crippen LogP contribution in [-0.2, 0) is 7.05 Å². The molecule has 0 bridgehead atoms. The summed E-state index contributed by atoms with van der Waals surface area (Å²) in [6.45, 7) is 6.30. The molecule has 0 aliphatic carbocycles. The zero-order chi connectivity index (χ0) is 9.30. The summed E-state index contributed by atoms with van der Waals surface area (Å²) in [5.41, 5.74) is 8.24. The molecule has 0 aliphatic heterocycles. The monoisotopic (exact) mass is 167 g/mol. The molecule has 1 aromatic rings. The minimum Gasteiger partial charge on any atom is -0.323 e. The quantitative estimate of drug-likeness (QED) is 0.726. The van der Waals surface area contributed by atoms with Crippen LogP contribution >= 0.6 is 0 Å². The number of hydrogen-bond donors (Lipinski definition) is 1. The van der Waals surface area contributed by atoms with Gasteiger partial charge in [0, 0.05) is 13.1 Å². The van der Waals surface area contributed by atoms with E-state index in [9.17, 15) is 0 Å². The van der Waals surface area contributed by atoms with Gasteiger partial charge in [-0.3, -0.25) is 4.68 Å². The highest BCUT2D eigenvalue weighted by atomic mass is 15.3. The van der Waals surface area contributed by atoms with E-state index in [0.29, 0.717) is 5.92 Å². The fraction of sp³-hybridized carbons (Fsp3) is 0.667.